The van der Waals surface area contributed by atoms with Gasteiger partial charge >= 0.3 is 5.97 Å². The standard InChI is InChI=1S/C14H12FNO3/c1-2-19-11-5-10(7-16-8-11)12-4-3-9(14(17)18)6-13(12)15/h3-8H,2H2,1H3,(H,17,18). The number of carboxylic acids is 1. The fourth-order valence-corrected chi connectivity index (χ4v) is 1.69. The van der Waals surface area contributed by atoms with Crippen LogP contribution in [0.25, 0.3) is 11.1 Å². The zero-order chi connectivity index (χ0) is 13.8. The molecule has 0 spiro atoms. The molecule has 19 heavy (non-hydrogen) atoms. The summed E-state index contributed by atoms with van der Waals surface area (Å²) in [7, 11) is 0. The highest BCUT2D eigenvalue weighted by atomic mass is 19.1. The number of aromatic nitrogens is 1. The highest BCUT2D eigenvalue weighted by molar-refractivity contribution is 5.88. The van der Waals surface area contributed by atoms with Gasteiger partial charge in [0, 0.05) is 17.3 Å². The average Bonchev–Trinajstić information content (AvgIpc) is 2.39. The Morgan fingerprint density at radius 1 is 1.37 bits per heavy atom. The Kier molecular flexibility index (Phi) is 3.75. The van der Waals surface area contributed by atoms with E-state index in [2.05, 4.69) is 4.98 Å². The second-order valence-corrected chi connectivity index (χ2v) is 3.84. The van der Waals surface area contributed by atoms with Crippen molar-refractivity contribution in [1.82, 2.24) is 4.98 Å². The largest absolute Gasteiger partial charge is 0.492 e. The fourth-order valence-electron chi connectivity index (χ4n) is 1.69. The predicted molar refractivity (Wildman–Crippen MR) is 67.8 cm³/mol. The summed E-state index contributed by atoms with van der Waals surface area (Å²) in [5.74, 6) is -1.22. The number of ether oxygens (including phenoxy) is 1. The van der Waals surface area contributed by atoms with Crippen molar-refractivity contribution < 1.29 is 19.0 Å². The molecular formula is C14H12FNO3. The van der Waals surface area contributed by atoms with Crippen LogP contribution in [0.15, 0.2) is 36.7 Å². The molecule has 0 amide bonds. The van der Waals surface area contributed by atoms with E-state index in [1.807, 2.05) is 6.92 Å². The van der Waals surface area contributed by atoms with Crippen molar-refractivity contribution in [1.29, 1.82) is 0 Å². The number of carbonyl (C=O) groups is 1. The highest BCUT2D eigenvalue weighted by Gasteiger charge is 2.10. The van der Waals surface area contributed by atoms with Crippen LogP contribution in [0.1, 0.15) is 17.3 Å². The quantitative estimate of drug-likeness (QED) is 0.919. The highest BCUT2D eigenvalue weighted by Crippen LogP contribution is 2.26. The molecule has 0 fully saturated rings. The molecule has 0 radical (unpaired) electrons. The second kappa shape index (κ2) is 5.48. The maximum absolute atomic E-state index is 13.9. The summed E-state index contributed by atoms with van der Waals surface area (Å²) in [6.45, 7) is 2.33. The summed E-state index contributed by atoms with van der Waals surface area (Å²) in [5.41, 5.74) is 0.745. The van der Waals surface area contributed by atoms with Crippen LogP contribution < -0.4 is 4.74 Å². The van der Waals surface area contributed by atoms with E-state index in [9.17, 15) is 9.18 Å². The number of rotatable bonds is 4. The van der Waals surface area contributed by atoms with E-state index in [0.29, 0.717) is 23.5 Å². The smallest absolute Gasteiger partial charge is 0.335 e. The zero-order valence-corrected chi connectivity index (χ0v) is 10.3. The topological polar surface area (TPSA) is 59.4 Å². The van der Waals surface area contributed by atoms with Crippen LogP contribution in [0.2, 0.25) is 0 Å². The van der Waals surface area contributed by atoms with Crippen LogP contribution in [0.3, 0.4) is 0 Å². The first-order chi connectivity index (χ1) is 9.11. The second-order valence-electron chi connectivity index (χ2n) is 3.84. The van der Waals surface area contributed by atoms with Crippen molar-refractivity contribution in [2.45, 2.75) is 6.92 Å². The van der Waals surface area contributed by atoms with Gasteiger partial charge in [0.2, 0.25) is 0 Å². The molecule has 0 aliphatic heterocycles. The minimum Gasteiger partial charge on any atom is -0.492 e. The van der Waals surface area contributed by atoms with E-state index in [4.69, 9.17) is 9.84 Å². The first kappa shape index (κ1) is 13.0. The molecule has 0 bridgehead atoms. The number of halogens is 1. The number of aromatic carboxylic acids is 1. The van der Waals surface area contributed by atoms with Crippen molar-refractivity contribution in [2.75, 3.05) is 6.61 Å². The van der Waals surface area contributed by atoms with E-state index >= 15 is 0 Å². The van der Waals surface area contributed by atoms with Crippen LogP contribution in [-0.2, 0) is 0 Å². The fraction of sp³-hybridized carbons (Fsp3) is 0.143. The monoisotopic (exact) mass is 261 g/mol. The van der Waals surface area contributed by atoms with Gasteiger partial charge in [0.25, 0.3) is 0 Å². The van der Waals surface area contributed by atoms with Gasteiger partial charge in [-0.25, -0.2) is 9.18 Å². The summed E-state index contributed by atoms with van der Waals surface area (Å²) in [6.07, 6.45) is 3.04. The van der Waals surface area contributed by atoms with Gasteiger partial charge in [0.05, 0.1) is 18.4 Å². The van der Waals surface area contributed by atoms with Gasteiger partial charge in [-0.05, 0) is 25.1 Å². The Labute approximate surface area is 109 Å². The lowest BCUT2D eigenvalue weighted by Gasteiger charge is -2.07. The maximum Gasteiger partial charge on any atom is 0.335 e. The molecule has 0 unspecified atom stereocenters. The Balaban J connectivity index is 2.41. The molecule has 4 nitrogen and oxygen atoms in total. The number of nitrogens with zero attached hydrogens (tertiary/aromatic N) is 1. The molecule has 0 saturated carbocycles. The van der Waals surface area contributed by atoms with Crippen molar-refractivity contribution in [3.05, 3.63) is 48.0 Å². The third-order valence-electron chi connectivity index (χ3n) is 2.55. The van der Waals surface area contributed by atoms with Crippen LogP contribution >= 0.6 is 0 Å². The van der Waals surface area contributed by atoms with Gasteiger partial charge in [0.15, 0.2) is 0 Å². The lowest BCUT2D eigenvalue weighted by molar-refractivity contribution is 0.0696. The van der Waals surface area contributed by atoms with E-state index < -0.39 is 11.8 Å². The molecule has 1 aromatic heterocycles. The summed E-state index contributed by atoms with van der Waals surface area (Å²) >= 11 is 0. The predicted octanol–water partition coefficient (Wildman–Crippen LogP) is 2.98. The van der Waals surface area contributed by atoms with Crippen molar-refractivity contribution in [2.24, 2.45) is 0 Å². The number of benzene rings is 1. The molecule has 0 atom stereocenters. The number of hydrogen-bond donors (Lipinski definition) is 1. The van der Waals surface area contributed by atoms with Crippen molar-refractivity contribution >= 4 is 5.97 Å². The van der Waals surface area contributed by atoms with Gasteiger partial charge < -0.3 is 9.84 Å². The SMILES string of the molecule is CCOc1cncc(-c2ccc(C(=O)O)cc2F)c1. The van der Waals surface area contributed by atoms with E-state index in [1.165, 1.54) is 24.5 Å². The molecule has 1 heterocycles. The lowest BCUT2D eigenvalue weighted by atomic mass is 10.0. The number of carboxylic acid groups (broad SMARTS) is 1. The summed E-state index contributed by atoms with van der Waals surface area (Å²) in [5, 5.41) is 8.79. The Morgan fingerprint density at radius 3 is 2.79 bits per heavy atom. The molecule has 0 saturated heterocycles. The van der Waals surface area contributed by atoms with Crippen molar-refractivity contribution in [3.8, 4) is 16.9 Å². The molecule has 0 aliphatic rings. The minimum atomic E-state index is -1.16. The molecular weight excluding hydrogens is 249 g/mol. The zero-order valence-electron chi connectivity index (χ0n) is 10.3. The third-order valence-corrected chi connectivity index (χ3v) is 2.55. The van der Waals surface area contributed by atoms with Gasteiger partial charge in [-0.2, -0.15) is 0 Å². The molecule has 2 rings (SSSR count). The van der Waals surface area contributed by atoms with Crippen LogP contribution in [0.5, 0.6) is 5.75 Å². The molecule has 0 aliphatic carbocycles. The van der Waals surface area contributed by atoms with Crippen LogP contribution in [0, 0.1) is 5.82 Å². The van der Waals surface area contributed by atoms with Gasteiger partial charge in [-0.3, -0.25) is 4.98 Å². The Morgan fingerprint density at radius 2 is 2.16 bits per heavy atom. The molecule has 98 valence electrons. The van der Waals surface area contributed by atoms with Crippen molar-refractivity contribution in [3.63, 3.8) is 0 Å². The Hall–Kier alpha value is -2.43. The first-order valence-corrected chi connectivity index (χ1v) is 5.73. The number of pyridine rings is 1. The molecule has 5 heteroatoms. The Bertz CT molecular complexity index is 613. The lowest BCUT2D eigenvalue weighted by Crippen LogP contribution is -1.98. The molecule has 2 aromatic rings. The van der Waals surface area contributed by atoms with E-state index in [0.717, 1.165) is 6.07 Å². The molecule has 1 aromatic carbocycles. The summed E-state index contributed by atoms with van der Waals surface area (Å²) < 4.78 is 19.2. The van der Waals surface area contributed by atoms with E-state index in [-0.39, 0.29) is 5.56 Å². The number of hydrogen-bond acceptors (Lipinski definition) is 3. The van der Waals surface area contributed by atoms with Crippen LogP contribution in [0.4, 0.5) is 4.39 Å². The normalized spacial score (nSPS) is 10.2. The minimum absolute atomic E-state index is 0.0878. The van der Waals surface area contributed by atoms with Gasteiger partial charge in [-0.15, -0.1) is 0 Å². The molecule has 1 N–H and O–H groups in total. The van der Waals surface area contributed by atoms with E-state index in [1.54, 1.807) is 6.07 Å². The van der Waals surface area contributed by atoms with Gasteiger partial charge in [0.1, 0.15) is 11.6 Å². The first-order valence-electron chi connectivity index (χ1n) is 5.73. The average molecular weight is 261 g/mol. The maximum atomic E-state index is 13.9. The summed E-state index contributed by atoms with van der Waals surface area (Å²) in [4.78, 5) is 14.7. The third kappa shape index (κ3) is 2.88. The summed E-state index contributed by atoms with van der Waals surface area (Å²) in [6, 6.07) is 5.43. The van der Waals surface area contributed by atoms with Crippen LogP contribution in [-0.4, -0.2) is 22.7 Å². The van der Waals surface area contributed by atoms with Gasteiger partial charge in [-0.1, -0.05) is 6.07 Å².